The molecule has 0 aliphatic carbocycles. The van der Waals surface area contributed by atoms with Crippen LogP contribution in [0.25, 0.3) is 0 Å². The molecule has 1 aliphatic heterocycles. The van der Waals surface area contributed by atoms with Gasteiger partial charge in [0.15, 0.2) is 0 Å². The van der Waals surface area contributed by atoms with E-state index in [9.17, 15) is 14.4 Å². The van der Waals surface area contributed by atoms with Crippen LogP contribution in [0.5, 0.6) is 0 Å². The minimum absolute atomic E-state index is 0.0855. The second-order valence-electron chi connectivity index (χ2n) is 4.87. The van der Waals surface area contributed by atoms with Crippen LogP contribution >= 0.6 is 0 Å². The highest BCUT2D eigenvalue weighted by atomic mass is 16.3. The number of hydrogen-bond donors (Lipinski definition) is 2. The average Bonchev–Trinajstić information content (AvgIpc) is 2.99. The standard InChI is InChI=1S/C13H18N4O4/c1-9(11(18)15-13(14)20)16-3-5-17(6-4-16)12(19)10-2-7-21-8-10/h2,7-9H,3-6H2,1H3,(H3,14,15,18,20). The van der Waals surface area contributed by atoms with Crippen LogP contribution in [0.3, 0.4) is 0 Å². The van der Waals surface area contributed by atoms with E-state index in [0.717, 1.165) is 0 Å². The van der Waals surface area contributed by atoms with Gasteiger partial charge in [0.25, 0.3) is 5.91 Å². The van der Waals surface area contributed by atoms with E-state index in [4.69, 9.17) is 10.2 Å². The van der Waals surface area contributed by atoms with Gasteiger partial charge in [-0.1, -0.05) is 0 Å². The first kappa shape index (κ1) is 15.0. The highest BCUT2D eigenvalue weighted by molar-refractivity contribution is 5.96. The second kappa shape index (κ2) is 6.40. The fourth-order valence-electron chi connectivity index (χ4n) is 2.27. The number of primary amides is 1. The lowest BCUT2D eigenvalue weighted by molar-refractivity contribution is -0.125. The molecular formula is C13H18N4O4. The first-order valence-electron chi connectivity index (χ1n) is 6.65. The van der Waals surface area contributed by atoms with Crippen molar-refractivity contribution in [1.29, 1.82) is 0 Å². The summed E-state index contributed by atoms with van der Waals surface area (Å²) in [5.74, 6) is -0.519. The van der Waals surface area contributed by atoms with E-state index in [2.05, 4.69) is 5.32 Å². The van der Waals surface area contributed by atoms with E-state index in [1.54, 1.807) is 17.9 Å². The Bertz CT molecular complexity index is 520. The monoisotopic (exact) mass is 294 g/mol. The van der Waals surface area contributed by atoms with Gasteiger partial charge in [0.1, 0.15) is 6.26 Å². The van der Waals surface area contributed by atoms with Crippen molar-refractivity contribution in [3.8, 4) is 0 Å². The van der Waals surface area contributed by atoms with E-state index in [1.165, 1.54) is 12.5 Å². The zero-order valence-electron chi connectivity index (χ0n) is 11.7. The first-order valence-corrected chi connectivity index (χ1v) is 6.65. The van der Waals surface area contributed by atoms with Gasteiger partial charge in [-0.15, -0.1) is 0 Å². The molecule has 3 N–H and O–H groups in total. The van der Waals surface area contributed by atoms with Crippen LogP contribution in [0, 0.1) is 0 Å². The highest BCUT2D eigenvalue weighted by Crippen LogP contribution is 2.11. The van der Waals surface area contributed by atoms with Crippen molar-refractivity contribution in [2.75, 3.05) is 26.2 Å². The SMILES string of the molecule is CC(C(=O)NC(N)=O)N1CCN(C(=O)c2ccoc2)CC1. The van der Waals surface area contributed by atoms with Gasteiger partial charge in [0.2, 0.25) is 5.91 Å². The molecule has 21 heavy (non-hydrogen) atoms. The van der Waals surface area contributed by atoms with Crippen LogP contribution < -0.4 is 11.1 Å². The fraction of sp³-hybridized carbons (Fsp3) is 0.462. The Morgan fingerprint density at radius 3 is 2.48 bits per heavy atom. The van der Waals surface area contributed by atoms with Crippen molar-refractivity contribution in [1.82, 2.24) is 15.1 Å². The molecule has 1 fully saturated rings. The normalized spacial score (nSPS) is 17.3. The van der Waals surface area contributed by atoms with Gasteiger partial charge in [-0.05, 0) is 13.0 Å². The Labute approximate surface area is 121 Å². The zero-order valence-corrected chi connectivity index (χ0v) is 11.7. The minimum Gasteiger partial charge on any atom is -0.472 e. The number of imide groups is 1. The van der Waals surface area contributed by atoms with E-state index >= 15 is 0 Å². The lowest BCUT2D eigenvalue weighted by atomic mass is 10.2. The van der Waals surface area contributed by atoms with E-state index in [0.29, 0.717) is 31.7 Å². The molecule has 8 nitrogen and oxygen atoms in total. The summed E-state index contributed by atoms with van der Waals surface area (Å²) in [6.45, 7) is 3.83. The van der Waals surface area contributed by atoms with E-state index in [1.807, 2.05) is 4.90 Å². The maximum Gasteiger partial charge on any atom is 0.318 e. The molecule has 4 amide bonds. The number of nitrogens with two attached hydrogens (primary N) is 1. The molecule has 0 spiro atoms. The van der Waals surface area contributed by atoms with Crippen LogP contribution in [-0.4, -0.2) is 59.9 Å². The molecule has 1 aromatic heterocycles. The molecule has 2 rings (SSSR count). The number of nitrogens with zero attached hydrogens (tertiary/aromatic N) is 2. The van der Waals surface area contributed by atoms with Crippen LogP contribution in [0.15, 0.2) is 23.0 Å². The van der Waals surface area contributed by atoms with Gasteiger partial charge >= 0.3 is 6.03 Å². The number of hydrogen-bond acceptors (Lipinski definition) is 5. The van der Waals surface area contributed by atoms with Crippen LogP contribution in [-0.2, 0) is 4.79 Å². The maximum atomic E-state index is 12.1. The molecule has 1 aliphatic rings. The van der Waals surface area contributed by atoms with Gasteiger partial charge in [-0.3, -0.25) is 19.8 Å². The molecule has 114 valence electrons. The third-order valence-electron chi connectivity index (χ3n) is 3.54. The van der Waals surface area contributed by atoms with Crippen LogP contribution in [0.1, 0.15) is 17.3 Å². The smallest absolute Gasteiger partial charge is 0.318 e. The number of amides is 4. The number of piperazine rings is 1. The van der Waals surface area contributed by atoms with Crippen LogP contribution in [0.4, 0.5) is 4.79 Å². The molecule has 0 aromatic carbocycles. The summed E-state index contributed by atoms with van der Waals surface area (Å²) in [4.78, 5) is 38.1. The van der Waals surface area contributed by atoms with E-state index in [-0.39, 0.29) is 5.91 Å². The molecule has 0 bridgehead atoms. The minimum atomic E-state index is -0.861. The first-order chi connectivity index (χ1) is 9.99. The molecule has 0 saturated carbocycles. The van der Waals surface area contributed by atoms with Crippen molar-refractivity contribution < 1.29 is 18.8 Å². The summed E-state index contributed by atoms with van der Waals surface area (Å²) < 4.78 is 4.90. The van der Waals surface area contributed by atoms with Crippen molar-refractivity contribution in [2.24, 2.45) is 5.73 Å². The van der Waals surface area contributed by atoms with Crippen molar-refractivity contribution in [2.45, 2.75) is 13.0 Å². The lowest BCUT2D eigenvalue weighted by Gasteiger charge is -2.37. The van der Waals surface area contributed by atoms with Gasteiger partial charge in [0, 0.05) is 26.2 Å². The number of rotatable bonds is 3. The molecule has 2 heterocycles. The molecule has 1 unspecified atom stereocenters. The Hall–Kier alpha value is -2.35. The Kier molecular flexibility index (Phi) is 4.59. The zero-order chi connectivity index (χ0) is 15.4. The predicted molar refractivity (Wildman–Crippen MR) is 73.4 cm³/mol. The molecular weight excluding hydrogens is 276 g/mol. The molecule has 0 radical (unpaired) electrons. The van der Waals surface area contributed by atoms with Gasteiger partial charge < -0.3 is 15.1 Å². The average molecular weight is 294 g/mol. The number of carbonyl (C=O) groups is 3. The number of furan rings is 1. The maximum absolute atomic E-state index is 12.1. The third-order valence-corrected chi connectivity index (χ3v) is 3.54. The Balaban J connectivity index is 1.87. The Morgan fingerprint density at radius 2 is 1.95 bits per heavy atom. The molecule has 1 aromatic rings. The second-order valence-corrected chi connectivity index (χ2v) is 4.87. The lowest BCUT2D eigenvalue weighted by Crippen LogP contribution is -2.55. The summed E-state index contributed by atoms with van der Waals surface area (Å²) >= 11 is 0. The quantitative estimate of drug-likeness (QED) is 0.790. The van der Waals surface area contributed by atoms with Crippen LogP contribution in [0.2, 0.25) is 0 Å². The third kappa shape index (κ3) is 3.60. The summed E-state index contributed by atoms with van der Waals surface area (Å²) in [6.07, 6.45) is 2.87. The van der Waals surface area contributed by atoms with Crippen molar-refractivity contribution >= 4 is 17.8 Å². The highest BCUT2D eigenvalue weighted by Gasteiger charge is 2.28. The summed E-state index contributed by atoms with van der Waals surface area (Å²) in [6, 6.07) is 0.293. The largest absolute Gasteiger partial charge is 0.472 e. The summed E-state index contributed by atoms with van der Waals surface area (Å²) in [5, 5.41) is 2.06. The van der Waals surface area contributed by atoms with Gasteiger partial charge in [-0.2, -0.15) is 0 Å². The fourth-order valence-corrected chi connectivity index (χ4v) is 2.27. The summed E-state index contributed by atoms with van der Waals surface area (Å²) in [5.41, 5.74) is 5.44. The Morgan fingerprint density at radius 1 is 1.29 bits per heavy atom. The number of carbonyl (C=O) groups excluding carboxylic acids is 3. The van der Waals surface area contributed by atoms with Gasteiger partial charge in [-0.25, -0.2) is 4.79 Å². The molecule has 8 heteroatoms. The summed E-state index contributed by atoms with van der Waals surface area (Å²) in [7, 11) is 0. The number of urea groups is 1. The number of nitrogens with one attached hydrogen (secondary N) is 1. The van der Waals surface area contributed by atoms with Crippen molar-refractivity contribution in [3.05, 3.63) is 24.2 Å². The van der Waals surface area contributed by atoms with Crippen molar-refractivity contribution in [3.63, 3.8) is 0 Å². The van der Waals surface area contributed by atoms with Gasteiger partial charge in [0.05, 0.1) is 17.9 Å². The topological polar surface area (TPSA) is 109 Å². The molecule has 1 atom stereocenters. The molecule has 1 saturated heterocycles. The van der Waals surface area contributed by atoms with E-state index < -0.39 is 18.0 Å². The predicted octanol–water partition coefficient (Wildman–Crippen LogP) is -0.379.